The number of rotatable bonds is 5. The van der Waals surface area contributed by atoms with Crippen molar-refractivity contribution in [2.75, 3.05) is 45.8 Å². The molecule has 0 bridgehead atoms. The first-order valence-corrected chi connectivity index (χ1v) is 6.69. The number of aliphatic imine (C=N–C) groups is 1. The summed E-state index contributed by atoms with van der Waals surface area (Å²) in [6.07, 6.45) is 0.929. The van der Waals surface area contributed by atoms with Crippen LogP contribution < -0.4 is 20.1 Å². The minimum absolute atomic E-state index is 0.584. The standard InChI is InChI=1S/C14H21N3O3/c1-15-14(16-6-3-7-18-2)17-11-4-5-12-13(10-11)20-9-8-19-12/h4-5,10H,3,6-9H2,1-2H3,(H2,15,16,17). The quantitative estimate of drug-likeness (QED) is 0.485. The summed E-state index contributed by atoms with van der Waals surface area (Å²) >= 11 is 0. The lowest BCUT2D eigenvalue weighted by Crippen LogP contribution is -2.31. The Morgan fingerprint density at radius 2 is 2.10 bits per heavy atom. The molecule has 0 radical (unpaired) electrons. The number of nitrogens with one attached hydrogen (secondary N) is 2. The van der Waals surface area contributed by atoms with Crippen LogP contribution >= 0.6 is 0 Å². The fourth-order valence-corrected chi connectivity index (χ4v) is 1.86. The lowest BCUT2D eigenvalue weighted by molar-refractivity contribution is 0.171. The van der Waals surface area contributed by atoms with E-state index in [1.54, 1.807) is 14.2 Å². The Morgan fingerprint density at radius 3 is 2.85 bits per heavy atom. The molecule has 2 N–H and O–H groups in total. The Balaban J connectivity index is 1.90. The van der Waals surface area contributed by atoms with Crippen molar-refractivity contribution in [3.63, 3.8) is 0 Å². The first-order valence-electron chi connectivity index (χ1n) is 6.69. The van der Waals surface area contributed by atoms with Crippen molar-refractivity contribution in [1.82, 2.24) is 5.32 Å². The van der Waals surface area contributed by atoms with Gasteiger partial charge in [0.1, 0.15) is 13.2 Å². The van der Waals surface area contributed by atoms with Crippen molar-refractivity contribution in [2.24, 2.45) is 4.99 Å². The summed E-state index contributed by atoms with van der Waals surface area (Å²) in [7, 11) is 3.44. The van der Waals surface area contributed by atoms with E-state index in [0.29, 0.717) is 13.2 Å². The largest absolute Gasteiger partial charge is 0.486 e. The number of nitrogens with zero attached hydrogens (tertiary/aromatic N) is 1. The van der Waals surface area contributed by atoms with Crippen LogP contribution in [0.15, 0.2) is 23.2 Å². The van der Waals surface area contributed by atoms with Gasteiger partial charge < -0.3 is 24.8 Å². The zero-order valence-corrected chi connectivity index (χ0v) is 11.9. The van der Waals surface area contributed by atoms with E-state index in [0.717, 1.165) is 42.7 Å². The predicted molar refractivity (Wildman–Crippen MR) is 78.9 cm³/mol. The lowest BCUT2D eigenvalue weighted by atomic mass is 10.2. The minimum Gasteiger partial charge on any atom is -0.486 e. The van der Waals surface area contributed by atoms with Crippen LogP contribution in [-0.2, 0) is 4.74 Å². The van der Waals surface area contributed by atoms with Gasteiger partial charge in [0.25, 0.3) is 0 Å². The van der Waals surface area contributed by atoms with E-state index in [1.165, 1.54) is 0 Å². The summed E-state index contributed by atoms with van der Waals surface area (Å²) in [6.45, 7) is 2.72. The van der Waals surface area contributed by atoms with Gasteiger partial charge in [-0.3, -0.25) is 4.99 Å². The summed E-state index contributed by atoms with van der Waals surface area (Å²) in [6, 6.07) is 5.75. The zero-order chi connectivity index (χ0) is 14.2. The number of methoxy groups -OCH3 is 1. The van der Waals surface area contributed by atoms with Gasteiger partial charge in [-0.05, 0) is 18.6 Å². The molecule has 0 aliphatic carbocycles. The Labute approximate surface area is 119 Å². The van der Waals surface area contributed by atoms with Crippen LogP contribution in [0.4, 0.5) is 5.69 Å². The van der Waals surface area contributed by atoms with E-state index in [2.05, 4.69) is 15.6 Å². The maximum absolute atomic E-state index is 5.55. The van der Waals surface area contributed by atoms with E-state index in [-0.39, 0.29) is 0 Å². The van der Waals surface area contributed by atoms with Gasteiger partial charge in [0.15, 0.2) is 17.5 Å². The SMILES string of the molecule is CN=C(NCCCOC)Nc1ccc2c(c1)OCCO2. The monoisotopic (exact) mass is 279 g/mol. The predicted octanol–water partition coefficient (Wildman–Crippen LogP) is 1.48. The molecular formula is C14H21N3O3. The van der Waals surface area contributed by atoms with Crippen molar-refractivity contribution in [1.29, 1.82) is 0 Å². The topological polar surface area (TPSA) is 64.1 Å². The van der Waals surface area contributed by atoms with E-state index >= 15 is 0 Å². The third-order valence-electron chi connectivity index (χ3n) is 2.85. The normalized spacial score (nSPS) is 14.0. The Bertz CT molecular complexity index is 463. The highest BCUT2D eigenvalue weighted by Crippen LogP contribution is 2.32. The number of guanidine groups is 1. The molecule has 6 heteroatoms. The zero-order valence-electron chi connectivity index (χ0n) is 11.9. The number of benzene rings is 1. The molecule has 1 aliphatic rings. The van der Waals surface area contributed by atoms with Gasteiger partial charge in [0, 0.05) is 39.1 Å². The molecule has 0 atom stereocenters. The van der Waals surface area contributed by atoms with Crippen molar-refractivity contribution >= 4 is 11.6 Å². The minimum atomic E-state index is 0.584. The second-order valence-electron chi connectivity index (χ2n) is 4.33. The highest BCUT2D eigenvalue weighted by molar-refractivity contribution is 5.93. The van der Waals surface area contributed by atoms with E-state index < -0.39 is 0 Å². The maximum atomic E-state index is 5.55. The molecule has 0 unspecified atom stereocenters. The van der Waals surface area contributed by atoms with Gasteiger partial charge in [-0.15, -0.1) is 0 Å². The maximum Gasteiger partial charge on any atom is 0.195 e. The summed E-state index contributed by atoms with van der Waals surface area (Å²) in [5, 5.41) is 6.44. The molecule has 0 saturated carbocycles. The second kappa shape index (κ2) is 7.59. The summed E-state index contributed by atoms with van der Waals surface area (Å²) in [4.78, 5) is 4.17. The fraction of sp³-hybridized carbons (Fsp3) is 0.500. The molecule has 1 heterocycles. The van der Waals surface area contributed by atoms with Crippen LogP contribution in [0.3, 0.4) is 0 Å². The van der Waals surface area contributed by atoms with Crippen molar-refractivity contribution in [2.45, 2.75) is 6.42 Å². The number of ether oxygens (including phenoxy) is 3. The van der Waals surface area contributed by atoms with Crippen LogP contribution in [0.2, 0.25) is 0 Å². The van der Waals surface area contributed by atoms with E-state index in [9.17, 15) is 0 Å². The molecule has 1 aliphatic heterocycles. The van der Waals surface area contributed by atoms with E-state index in [4.69, 9.17) is 14.2 Å². The summed E-state index contributed by atoms with van der Waals surface area (Å²) in [5.41, 5.74) is 0.911. The lowest BCUT2D eigenvalue weighted by Gasteiger charge is -2.19. The smallest absolute Gasteiger partial charge is 0.195 e. The number of hydrogen-bond donors (Lipinski definition) is 2. The highest BCUT2D eigenvalue weighted by atomic mass is 16.6. The van der Waals surface area contributed by atoms with E-state index in [1.807, 2.05) is 18.2 Å². The van der Waals surface area contributed by atoms with Crippen molar-refractivity contribution in [3.05, 3.63) is 18.2 Å². The fourth-order valence-electron chi connectivity index (χ4n) is 1.86. The first-order chi connectivity index (χ1) is 9.83. The Kier molecular flexibility index (Phi) is 5.49. The molecule has 0 amide bonds. The van der Waals surface area contributed by atoms with Crippen LogP contribution in [-0.4, -0.2) is 46.5 Å². The van der Waals surface area contributed by atoms with Crippen molar-refractivity contribution in [3.8, 4) is 11.5 Å². The van der Waals surface area contributed by atoms with Crippen LogP contribution in [0.25, 0.3) is 0 Å². The molecule has 110 valence electrons. The van der Waals surface area contributed by atoms with Gasteiger partial charge in [-0.2, -0.15) is 0 Å². The third-order valence-corrected chi connectivity index (χ3v) is 2.85. The highest BCUT2D eigenvalue weighted by Gasteiger charge is 2.12. The third kappa shape index (κ3) is 4.03. The van der Waals surface area contributed by atoms with Crippen molar-refractivity contribution < 1.29 is 14.2 Å². The number of hydrogen-bond acceptors (Lipinski definition) is 4. The Morgan fingerprint density at radius 1 is 1.30 bits per heavy atom. The second-order valence-corrected chi connectivity index (χ2v) is 4.33. The van der Waals surface area contributed by atoms with Crippen LogP contribution in [0.5, 0.6) is 11.5 Å². The van der Waals surface area contributed by atoms with Gasteiger partial charge in [-0.25, -0.2) is 0 Å². The molecule has 0 spiro atoms. The molecule has 1 aromatic rings. The molecule has 20 heavy (non-hydrogen) atoms. The Hall–Kier alpha value is -1.95. The number of anilines is 1. The molecule has 0 saturated heterocycles. The summed E-state index contributed by atoms with van der Waals surface area (Å²) in [5.74, 6) is 2.26. The molecule has 1 aromatic carbocycles. The van der Waals surface area contributed by atoms with Gasteiger partial charge >= 0.3 is 0 Å². The molecular weight excluding hydrogens is 258 g/mol. The summed E-state index contributed by atoms with van der Waals surface area (Å²) < 4.78 is 16.0. The van der Waals surface area contributed by atoms with Gasteiger partial charge in [-0.1, -0.05) is 0 Å². The number of fused-ring (bicyclic) bond motifs is 1. The average Bonchev–Trinajstić information content (AvgIpc) is 2.50. The van der Waals surface area contributed by atoms with Crippen LogP contribution in [0, 0.1) is 0 Å². The van der Waals surface area contributed by atoms with Crippen LogP contribution in [0.1, 0.15) is 6.42 Å². The molecule has 2 rings (SSSR count). The van der Waals surface area contributed by atoms with Gasteiger partial charge in [0.2, 0.25) is 0 Å². The van der Waals surface area contributed by atoms with Gasteiger partial charge in [0.05, 0.1) is 0 Å². The first kappa shape index (κ1) is 14.5. The molecule has 0 aromatic heterocycles. The average molecular weight is 279 g/mol. The molecule has 6 nitrogen and oxygen atoms in total. The molecule has 0 fully saturated rings.